The molecule has 34 heavy (non-hydrogen) atoms. The molecule has 11 heteroatoms. The van der Waals surface area contributed by atoms with Gasteiger partial charge in [0.1, 0.15) is 21.9 Å². The van der Waals surface area contributed by atoms with Gasteiger partial charge in [-0.2, -0.15) is 0 Å². The van der Waals surface area contributed by atoms with Gasteiger partial charge < -0.3 is 20.5 Å². The van der Waals surface area contributed by atoms with Gasteiger partial charge in [0.25, 0.3) is 11.8 Å². The van der Waals surface area contributed by atoms with Gasteiger partial charge in [-0.1, -0.05) is 6.07 Å². The Morgan fingerprint density at radius 3 is 2.68 bits per heavy atom. The van der Waals surface area contributed by atoms with E-state index in [2.05, 4.69) is 20.9 Å². The van der Waals surface area contributed by atoms with Crippen LogP contribution in [-0.4, -0.2) is 49.4 Å². The molecule has 5 N–H and O–H groups in total. The van der Waals surface area contributed by atoms with Crippen molar-refractivity contribution in [3.8, 4) is 0 Å². The summed E-state index contributed by atoms with van der Waals surface area (Å²) in [5, 5.41) is 15.0. The van der Waals surface area contributed by atoms with E-state index in [0.29, 0.717) is 17.9 Å². The Hall–Kier alpha value is -3.28. The number of nitrogens with two attached hydrogens (primary N) is 1. The van der Waals surface area contributed by atoms with E-state index in [9.17, 15) is 18.0 Å². The van der Waals surface area contributed by atoms with Gasteiger partial charge in [0.15, 0.2) is 0 Å². The first-order valence-corrected chi connectivity index (χ1v) is 12.8. The number of nitrogens with one attached hydrogen (secondary N) is 3. The zero-order valence-corrected chi connectivity index (χ0v) is 19.5. The maximum atomic E-state index is 13.1. The molecule has 0 bridgehead atoms. The normalized spacial score (nSPS) is 19.0. The molecule has 0 radical (unpaired) electrons. The van der Waals surface area contributed by atoms with Crippen LogP contribution in [0.15, 0.2) is 41.3 Å². The lowest BCUT2D eigenvalue weighted by molar-refractivity contribution is 0.0918. The number of nitrogens with zero attached hydrogens (tertiary/aromatic N) is 2. The molecule has 10 nitrogen and oxygen atoms in total. The Kier molecular flexibility index (Phi) is 5.62. The molecule has 2 amide bonds. The number of sulfonamides is 1. The molecule has 0 spiro atoms. The number of hydrogen-bond donors (Lipinski definition) is 4. The Balaban J connectivity index is 1.48. The topological polar surface area (TPSA) is 148 Å². The van der Waals surface area contributed by atoms with Gasteiger partial charge in [-0.05, 0) is 74.7 Å². The zero-order valence-electron chi connectivity index (χ0n) is 18.7. The number of fused-ring (bicyclic) bond motifs is 3. The van der Waals surface area contributed by atoms with Crippen LogP contribution < -0.4 is 21.1 Å². The van der Waals surface area contributed by atoms with Gasteiger partial charge in [-0.3, -0.25) is 9.59 Å². The van der Waals surface area contributed by atoms with Crippen LogP contribution in [0.5, 0.6) is 0 Å². The molecule has 1 atom stereocenters. The summed E-state index contributed by atoms with van der Waals surface area (Å²) in [5.41, 5.74) is 2.11. The number of carbonyl (C=O) groups excluding carboxylic acids is 2. The number of carbonyl (C=O) groups is 2. The fourth-order valence-electron chi connectivity index (χ4n) is 4.74. The molecule has 1 fully saturated rings. The maximum Gasteiger partial charge on any atom is 0.274 e. The molecule has 5 rings (SSSR count). The fraction of sp³-hybridized carbons (Fsp3) is 0.348. The summed E-state index contributed by atoms with van der Waals surface area (Å²) in [6.45, 7) is 4.16. The highest BCUT2D eigenvalue weighted by Crippen LogP contribution is 2.31. The number of hydrogen-bond acceptors (Lipinski definition) is 6. The van der Waals surface area contributed by atoms with Gasteiger partial charge in [0.05, 0.1) is 11.7 Å². The molecule has 178 valence electrons. The first-order chi connectivity index (χ1) is 16.2. The second kappa shape index (κ2) is 8.49. The van der Waals surface area contributed by atoms with E-state index in [4.69, 9.17) is 5.14 Å². The number of benzene rings is 1. The van der Waals surface area contributed by atoms with Crippen LogP contribution in [-0.2, 0) is 10.0 Å². The molecule has 2 aromatic heterocycles. The van der Waals surface area contributed by atoms with E-state index < -0.39 is 15.9 Å². The minimum Gasteiger partial charge on any atom is -0.349 e. The molecular weight excluding hydrogens is 456 g/mol. The highest BCUT2D eigenvalue weighted by atomic mass is 32.2. The summed E-state index contributed by atoms with van der Waals surface area (Å²) in [6, 6.07) is 9.97. The summed E-state index contributed by atoms with van der Waals surface area (Å²) in [6.07, 6.45) is 1.80. The molecule has 0 saturated carbocycles. The Morgan fingerprint density at radius 2 is 1.94 bits per heavy atom. The molecule has 2 aliphatic heterocycles. The van der Waals surface area contributed by atoms with E-state index in [1.807, 2.05) is 17.6 Å². The predicted molar refractivity (Wildman–Crippen MR) is 127 cm³/mol. The highest BCUT2D eigenvalue weighted by Gasteiger charge is 2.26. The second-order valence-corrected chi connectivity index (χ2v) is 10.4. The number of rotatable bonds is 4. The van der Waals surface area contributed by atoms with Gasteiger partial charge in [-0.15, -0.1) is 0 Å². The van der Waals surface area contributed by atoms with E-state index in [1.165, 1.54) is 0 Å². The van der Waals surface area contributed by atoms with Crippen molar-refractivity contribution in [2.75, 3.05) is 25.0 Å². The van der Waals surface area contributed by atoms with Crippen LogP contribution in [0.25, 0.3) is 11.0 Å². The molecule has 1 saturated heterocycles. The number of piperidine rings is 1. The standard InChI is InChI=1S/C23H26N6O4S/c1-13-12-26-23(31)19-10-16-3-5-18(27-21(16)29(13)19)22(30)28-17-4-2-15(11-20(17)34(24,32)33)14-6-8-25-9-7-14/h2-5,10-11,13-14,25H,6-9,12H2,1H3,(H,26,31)(H,28,30)(H2,24,32,33)/t13-/m1/s1. The van der Waals surface area contributed by atoms with Crippen LogP contribution >= 0.6 is 0 Å². The van der Waals surface area contributed by atoms with Crippen LogP contribution in [0.4, 0.5) is 5.69 Å². The molecule has 3 aromatic rings. The highest BCUT2D eigenvalue weighted by molar-refractivity contribution is 7.89. The molecule has 0 aliphatic carbocycles. The minimum atomic E-state index is -4.07. The number of anilines is 1. The third-order valence-corrected chi connectivity index (χ3v) is 7.47. The smallest absolute Gasteiger partial charge is 0.274 e. The van der Waals surface area contributed by atoms with Crippen molar-refractivity contribution in [3.63, 3.8) is 0 Å². The van der Waals surface area contributed by atoms with Crippen molar-refractivity contribution in [1.29, 1.82) is 0 Å². The maximum absolute atomic E-state index is 13.1. The summed E-state index contributed by atoms with van der Waals surface area (Å²) in [4.78, 5) is 29.6. The van der Waals surface area contributed by atoms with Crippen LogP contribution in [0, 0.1) is 0 Å². The lowest BCUT2D eigenvalue weighted by atomic mass is 9.90. The lowest BCUT2D eigenvalue weighted by Gasteiger charge is -2.24. The van der Waals surface area contributed by atoms with Gasteiger partial charge in [-0.25, -0.2) is 18.5 Å². The number of pyridine rings is 1. The van der Waals surface area contributed by atoms with Gasteiger partial charge in [0.2, 0.25) is 10.0 Å². The second-order valence-electron chi connectivity index (χ2n) is 8.85. The minimum absolute atomic E-state index is 0.0208. The van der Waals surface area contributed by atoms with Crippen molar-refractivity contribution in [2.24, 2.45) is 5.14 Å². The average molecular weight is 483 g/mol. The quantitative estimate of drug-likeness (QED) is 0.445. The monoisotopic (exact) mass is 482 g/mol. The first kappa shape index (κ1) is 22.5. The Bertz CT molecular complexity index is 1410. The van der Waals surface area contributed by atoms with Crippen LogP contribution in [0.3, 0.4) is 0 Å². The van der Waals surface area contributed by atoms with E-state index in [0.717, 1.165) is 36.9 Å². The van der Waals surface area contributed by atoms with Crippen molar-refractivity contribution in [1.82, 2.24) is 20.2 Å². The molecular formula is C23H26N6O4S. The van der Waals surface area contributed by atoms with E-state index in [1.54, 1.807) is 30.3 Å². The summed E-state index contributed by atoms with van der Waals surface area (Å²) in [5.74, 6) is -0.520. The van der Waals surface area contributed by atoms with Gasteiger partial charge in [0, 0.05) is 11.9 Å². The fourth-order valence-corrected chi connectivity index (χ4v) is 5.46. The summed E-state index contributed by atoms with van der Waals surface area (Å²) < 4.78 is 26.5. The summed E-state index contributed by atoms with van der Waals surface area (Å²) >= 11 is 0. The zero-order chi connectivity index (χ0) is 24.0. The third kappa shape index (κ3) is 4.06. The van der Waals surface area contributed by atoms with E-state index >= 15 is 0 Å². The van der Waals surface area contributed by atoms with Crippen molar-refractivity contribution >= 4 is 38.6 Å². The van der Waals surface area contributed by atoms with Crippen LogP contribution in [0.1, 0.15) is 58.3 Å². The number of amides is 2. The Morgan fingerprint density at radius 1 is 1.18 bits per heavy atom. The predicted octanol–water partition coefficient (Wildman–Crippen LogP) is 1.71. The lowest BCUT2D eigenvalue weighted by Crippen LogP contribution is -2.37. The summed E-state index contributed by atoms with van der Waals surface area (Å²) in [7, 11) is -4.07. The van der Waals surface area contributed by atoms with Gasteiger partial charge >= 0.3 is 0 Å². The SMILES string of the molecule is C[C@@H]1CNC(=O)c2cc3ccc(C(=O)Nc4ccc(C5CCNCC5)cc4S(N)(=O)=O)nc3n21. The molecule has 2 aliphatic rings. The Labute approximate surface area is 197 Å². The van der Waals surface area contributed by atoms with Crippen molar-refractivity contribution in [2.45, 2.75) is 36.6 Å². The number of primary sulfonamides is 1. The average Bonchev–Trinajstić information content (AvgIpc) is 3.22. The van der Waals surface area contributed by atoms with Crippen molar-refractivity contribution < 1.29 is 18.0 Å². The first-order valence-electron chi connectivity index (χ1n) is 11.2. The van der Waals surface area contributed by atoms with E-state index in [-0.39, 0.29) is 34.1 Å². The molecule has 1 aromatic carbocycles. The largest absolute Gasteiger partial charge is 0.349 e. The molecule has 4 heterocycles. The number of aromatic nitrogens is 2. The van der Waals surface area contributed by atoms with Crippen LogP contribution in [0.2, 0.25) is 0 Å². The third-order valence-electron chi connectivity index (χ3n) is 6.52. The van der Waals surface area contributed by atoms with Crippen molar-refractivity contribution in [3.05, 3.63) is 53.3 Å². The molecule has 0 unspecified atom stereocenters.